The molecular weight excluding hydrogens is 262 g/mol. The molecule has 2 aliphatic heterocycles. The summed E-state index contributed by atoms with van der Waals surface area (Å²) >= 11 is 6.37. The van der Waals surface area contributed by atoms with Crippen molar-refractivity contribution in [3.63, 3.8) is 0 Å². The van der Waals surface area contributed by atoms with Crippen LogP contribution in [0, 0.1) is 0 Å². The summed E-state index contributed by atoms with van der Waals surface area (Å²) in [6, 6.07) is 2.10. The molecule has 0 bridgehead atoms. The minimum absolute atomic E-state index is 0.586. The van der Waals surface area contributed by atoms with Crippen molar-refractivity contribution in [2.75, 3.05) is 26.3 Å². The Bertz CT molecular complexity index is 470. The van der Waals surface area contributed by atoms with E-state index in [4.69, 9.17) is 21.1 Å². The van der Waals surface area contributed by atoms with E-state index in [9.17, 15) is 0 Å². The van der Waals surface area contributed by atoms with Gasteiger partial charge in [-0.3, -0.25) is 0 Å². The van der Waals surface area contributed by atoms with Crippen molar-refractivity contribution in [1.29, 1.82) is 0 Å². The topological polar surface area (TPSA) is 30.5 Å². The van der Waals surface area contributed by atoms with Gasteiger partial charge in [0, 0.05) is 5.56 Å². The molecule has 4 heteroatoms. The van der Waals surface area contributed by atoms with E-state index in [1.165, 1.54) is 24.0 Å². The summed E-state index contributed by atoms with van der Waals surface area (Å²) in [4.78, 5) is 0. The molecular formula is C15H20ClNO2. The lowest BCUT2D eigenvalue weighted by atomic mass is 9.85. The normalized spacial score (nSPS) is 19.5. The number of rotatable bonds is 2. The molecule has 3 rings (SSSR count). The first-order valence-electron chi connectivity index (χ1n) is 7.12. The summed E-state index contributed by atoms with van der Waals surface area (Å²) in [5.74, 6) is 2.21. The van der Waals surface area contributed by atoms with Crippen LogP contribution in [0.3, 0.4) is 0 Å². The van der Waals surface area contributed by atoms with Crippen molar-refractivity contribution in [2.24, 2.45) is 0 Å². The first kappa shape index (κ1) is 13.1. The Morgan fingerprint density at radius 1 is 1.21 bits per heavy atom. The van der Waals surface area contributed by atoms with Crippen LogP contribution in [-0.4, -0.2) is 26.3 Å². The third-order valence-corrected chi connectivity index (χ3v) is 4.32. The van der Waals surface area contributed by atoms with Crippen molar-refractivity contribution < 1.29 is 9.47 Å². The molecule has 3 nitrogen and oxygen atoms in total. The van der Waals surface area contributed by atoms with Gasteiger partial charge in [-0.15, -0.1) is 0 Å². The molecule has 0 radical (unpaired) electrons. The van der Waals surface area contributed by atoms with E-state index in [1.54, 1.807) is 0 Å². The SMILES string of the molecule is CCc1c(C2CCNCC2)cc(Cl)c2c1OCCO2. The molecule has 0 atom stereocenters. The average Bonchev–Trinajstić information content (AvgIpc) is 2.48. The predicted octanol–water partition coefficient (Wildman–Crippen LogP) is 3.14. The van der Waals surface area contributed by atoms with E-state index in [-0.39, 0.29) is 0 Å². The summed E-state index contributed by atoms with van der Waals surface area (Å²) in [6.45, 7) is 5.54. The molecule has 1 saturated heterocycles. The highest BCUT2D eigenvalue weighted by Crippen LogP contribution is 2.45. The van der Waals surface area contributed by atoms with E-state index in [0.717, 1.165) is 31.0 Å². The molecule has 1 aromatic carbocycles. The summed E-state index contributed by atoms with van der Waals surface area (Å²) in [7, 11) is 0. The monoisotopic (exact) mass is 281 g/mol. The van der Waals surface area contributed by atoms with Crippen molar-refractivity contribution in [3.8, 4) is 11.5 Å². The molecule has 19 heavy (non-hydrogen) atoms. The third kappa shape index (κ3) is 2.41. The highest BCUT2D eigenvalue weighted by Gasteiger charge is 2.26. The molecule has 2 heterocycles. The Morgan fingerprint density at radius 2 is 1.89 bits per heavy atom. The lowest BCUT2D eigenvalue weighted by Crippen LogP contribution is -2.27. The zero-order valence-electron chi connectivity index (χ0n) is 11.3. The fourth-order valence-corrected chi connectivity index (χ4v) is 3.36. The van der Waals surface area contributed by atoms with Gasteiger partial charge in [0.15, 0.2) is 11.5 Å². The van der Waals surface area contributed by atoms with Crippen LogP contribution in [-0.2, 0) is 6.42 Å². The minimum Gasteiger partial charge on any atom is -0.486 e. The molecule has 104 valence electrons. The first-order valence-corrected chi connectivity index (χ1v) is 7.50. The molecule has 0 spiro atoms. The van der Waals surface area contributed by atoms with Gasteiger partial charge in [0.05, 0.1) is 5.02 Å². The van der Waals surface area contributed by atoms with Crippen molar-refractivity contribution in [3.05, 3.63) is 22.2 Å². The van der Waals surface area contributed by atoms with Crippen LogP contribution in [0.15, 0.2) is 6.07 Å². The first-order chi connectivity index (χ1) is 9.31. The van der Waals surface area contributed by atoms with Gasteiger partial charge in [-0.05, 0) is 49.9 Å². The second kappa shape index (κ2) is 5.59. The number of halogens is 1. The van der Waals surface area contributed by atoms with Crippen LogP contribution < -0.4 is 14.8 Å². The smallest absolute Gasteiger partial charge is 0.180 e. The van der Waals surface area contributed by atoms with E-state index in [0.29, 0.717) is 24.2 Å². The Hall–Kier alpha value is -0.930. The van der Waals surface area contributed by atoms with Gasteiger partial charge >= 0.3 is 0 Å². The molecule has 1 N–H and O–H groups in total. The van der Waals surface area contributed by atoms with E-state index in [1.807, 2.05) is 0 Å². The number of piperidine rings is 1. The van der Waals surface area contributed by atoms with E-state index in [2.05, 4.69) is 18.3 Å². The van der Waals surface area contributed by atoms with E-state index >= 15 is 0 Å². The highest BCUT2D eigenvalue weighted by molar-refractivity contribution is 6.32. The predicted molar refractivity (Wildman–Crippen MR) is 76.7 cm³/mol. The van der Waals surface area contributed by atoms with Gasteiger partial charge in [0.25, 0.3) is 0 Å². The number of hydrogen-bond acceptors (Lipinski definition) is 3. The van der Waals surface area contributed by atoms with Crippen LogP contribution in [0.2, 0.25) is 5.02 Å². The maximum atomic E-state index is 6.37. The number of fused-ring (bicyclic) bond motifs is 1. The Morgan fingerprint density at radius 3 is 2.58 bits per heavy atom. The molecule has 0 aliphatic carbocycles. The number of hydrogen-bond donors (Lipinski definition) is 1. The largest absolute Gasteiger partial charge is 0.486 e. The van der Waals surface area contributed by atoms with Crippen LogP contribution >= 0.6 is 11.6 Å². The maximum Gasteiger partial charge on any atom is 0.180 e. The highest BCUT2D eigenvalue weighted by atomic mass is 35.5. The molecule has 0 amide bonds. The van der Waals surface area contributed by atoms with Crippen molar-refractivity contribution in [2.45, 2.75) is 32.1 Å². The van der Waals surface area contributed by atoms with Gasteiger partial charge in [0.1, 0.15) is 13.2 Å². The summed E-state index contributed by atoms with van der Waals surface area (Å²) in [6.07, 6.45) is 3.30. The van der Waals surface area contributed by atoms with E-state index < -0.39 is 0 Å². The van der Waals surface area contributed by atoms with Crippen molar-refractivity contribution >= 4 is 11.6 Å². The Balaban J connectivity index is 2.05. The van der Waals surface area contributed by atoms with Gasteiger partial charge in [-0.2, -0.15) is 0 Å². The van der Waals surface area contributed by atoms with Gasteiger partial charge in [0.2, 0.25) is 0 Å². The zero-order chi connectivity index (χ0) is 13.2. The van der Waals surface area contributed by atoms with Crippen LogP contribution in [0.25, 0.3) is 0 Å². The molecule has 0 unspecified atom stereocenters. The van der Waals surface area contributed by atoms with Gasteiger partial charge in [-0.1, -0.05) is 18.5 Å². The molecule has 0 aromatic heterocycles. The number of ether oxygens (including phenoxy) is 2. The summed E-state index contributed by atoms with van der Waals surface area (Å²) in [5.41, 5.74) is 2.64. The standard InChI is InChI=1S/C15H20ClNO2/c1-2-11-12(10-3-5-17-6-4-10)9-13(16)15-14(11)18-7-8-19-15/h9-10,17H,2-8H2,1H3. The summed E-state index contributed by atoms with van der Waals surface area (Å²) in [5, 5.41) is 4.10. The van der Waals surface area contributed by atoms with Crippen LogP contribution in [0.4, 0.5) is 0 Å². The second-order valence-electron chi connectivity index (χ2n) is 5.16. The lowest BCUT2D eigenvalue weighted by molar-refractivity contribution is 0.169. The quantitative estimate of drug-likeness (QED) is 0.903. The molecule has 1 aromatic rings. The fraction of sp³-hybridized carbons (Fsp3) is 0.600. The molecule has 1 fully saturated rings. The third-order valence-electron chi connectivity index (χ3n) is 4.04. The fourth-order valence-electron chi connectivity index (χ4n) is 3.10. The van der Waals surface area contributed by atoms with Crippen molar-refractivity contribution in [1.82, 2.24) is 5.32 Å². The number of nitrogens with one attached hydrogen (secondary N) is 1. The Labute approximate surface area is 119 Å². The lowest BCUT2D eigenvalue weighted by Gasteiger charge is -2.29. The molecule has 2 aliphatic rings. The molecule has 0 saturated carbocycles. The minimum atomic E-state index is 0.586. The zero-order valence-corrected chi connectivity index (χ0v) is 12.1. The number of benzene rings is 1. The van der Waals surface area contributed by atoms with Crippen LogP contribution in [0.1, 0.15) is 36.8 Å². The average molecular weight is 282 g/mol. The Kier molecular flexibility index (Phi) is 3.85. The van der Waals surface area contributed by atoms with Gasteiger partial charge in [-0.25, -0.2) is 0 Å². The van der Waals surface area contributed by atoms with Crippen LogP contribution in [0.5, 0.6) is 11.5 Å². The summed E-state index contributed by atoms with van der Waals surface area (Å²) < 4.78 is 11.5. The van der Waals surface area contributed by atoms with Gasteiger partial charge < -0.3 is 14.8 Å². The maximum absolute atomic E-state index is 6.37. The second-order valence-corrected chi connectivity index (χ2v) is 5.57.